The second-order valence-electron chi connectivity index (χ2n) is 6.74. The van der Waals surface area contributed by atoms with E-state index in [2.05, 4.69) is 49.6 Å². The second kappa shape index (κ2) is 6.49. The van der Waals surface area contributed by atoms with Gasteiger partial charge in [-0.3, -0.25) is 0 Å². The lowest BCUT2D eigenvalue weighted by atomic mass is 9.86. The van der Waals surface area contributed by atoms with Gasteiger partial charge in [0.25, 0.3) is 0 Å². The van der Waals surface area contributed by atoms with Gasteiger partial charge in [0.2, 0.25) is 0 Å². The van der Waals surface area contributed by atoms with Crippen molar-refractivity contribution in [2.24, 2.45) is 5.92 Å². The van der Waals surface area contributed by atoms with E-state index in [1.807, 2.05) is 0 Å². The Hall–Kier alpha value is -1.22. The number of anilines is 1. The van der Waals surface area contributed by atoms with Gasteiger partial charge in [0.1, 0.15) is 5.75 Å². The van der Waals surface area contributed by atoms with Gasteiger partial charge >= 0.3 is 0 Å². The molecule has 1 aromatic carbocycles. The average Bonchev–Trinajstić information content (AvgIpc) is 2.45. The second-order valence-corrected chi connectivity index (χ2v) is 6.74. The number of piperidine rings is 1. The van der Waals surface area contributed by atoms with Crippen molar-refractivity contribution in [3.05, 3.63) is 23.8 Å². The number of hydrogen-bond acceptors (Lipinski definition) is 3. The minimum atomic E-state index is 0.164. The van der Waals surface area contributed by atoms with Crippen LogP contribution in [-0.2, 0) is 5.41 Å². The Morgan fingerprint density at radius 3 is 2.55 bits per heavy atom. The Balaban J connectivity index is 2.07. The molecule has 0 spiro atoms. The third-order valence-electron chi connectivity index (χ3n) is 4.11. The van der Waals surface area contributed by atoms with E-state index in [0.717, 1.165) is 37.0 Å². The van der Waals surface area contributed by atoms with Gasteiger partial charge in [0.05, 0.1) is 12.8 Å². The molecule has 1 aliphatic rings. The smallest absolute Gasteiger partial charge is 0.141 e. The normalized spacial score (nSPS) is 17.0. The highest BCUT2D eigenvalue weighted by Gasteiger charge is 2.17. The highest BCUT2D eigenvalue weighted by atomic mass is 16.5. The van der Waals surface area contributed by atoms with Gasteiger partial charge in [-0.2, -0.15) is 0 Å². The number of nitrogens with one attached hydrogen (secondary N) is 2. The number of ether oxygens (including phenoxy) is 1. The molecule has 2 N–H and O–H groups in total. The zero-order valence-electron chi connectivity index (χ0n) is 13.3. The molecule has 0 unspecified atom stereocenters. The average molecular weight is 276 g/mol. The summed E-state index contributed by atoms with van der Waals surface area (Å²) >= 11 is 0. The molecule has 3 heteroatoms. The molecule has 20 heavy (non-hydrogen) atoms. The van der Waals surface area contributed by atoms with Gasteiger partial charge in [-0.1, -0.05) is 26.8 Å². The van der Waals surface area contributed by atoms with Crippen molar-refractivity contribution in [3.8, 4) is 5.75 Å². The Morgan fingerprint density at radius 2 is 1.95 bits per heavy atom. The third kappa shape index (κ3) is 3.89. The number of methoxy groups -OCH3 is 1. The van der Waals surface area contributed by atoms with Crippen molar-refractivity contribution in [3.63, 3.8) is 0 Å². The maximum absolute atomic E-state index is 5.48. The third-order valence-corrected chi connectivity index (χ3v) is 4.11. The molecule has 1 saturated heterocycles. The standard InChI is InChI=1S/C17H28N2O/c1-17(2,3)14-5-6-16(20-4)15(11-14)19-12-13-7-9-18-10-8-13/h5-6,11,13,18-19H,7-10,12H2,1-4H3. The molecule has 0 saturated carbocycles. The van der Waals surface area contributed by atoms with Crippen LogP contribution in [0.1, 0.15) is 39.2 Å². The van der Waals surface area contributed by atoms with Gasteiger partial charge in [-0.25, -0.2) is 0 Å². The number of rotatable bonds is 4. The Bertz CT molecular complexity index is 431. The monoisotopic (exact) mass is 276 g/mol. The molecule has 1 fully saturated rings. The van der Waals surface area contributed by atoms with E-state index < -0.39 is 0 Å². The predicted molar refractivity (Wildman–Crippen MR) is 85.8 cm³/mol. The summed E-state index contributed by atoms with van der Waals surface area (Å²) in [5, 5.41) is 7.01. The molecule has 1 aromatic rings. The van der Waals surface area contributed by atoms with Crippen LogP contribution in [0.4, 0.5) is 5.69 Å². The molecule has 0 atom stereocenters. The predicted octanol–water partition coefficient (Wildman–Crippen LogP) is 3.40. The first-order valence-corrected chi connectivity index (χ1v) is 7.64. The summed E-state index contributed by atoms with van der Waals surface area (Å²) in [6.07, 6.45) is 2.52. The van der Waals surface area contributed by atoms with Crippen LogP contribution < -0.4 is 15.4 Å². The molecule has 3 nitrogen and oxygen atoms in total. The molecule has 0 aliphatic carbocycles. The van der Waals surface area contributed by atoms with Gasteiger partial charge in [0, 0.05) is 6.54 Å². The van der Waals surface area contributed by atoms with E-state index in [0.29, 0.717) is 0 Å². The van der Waals surface area contributed by atoms with Crippen LogP contribution in [0.25, 0.3) is 0 Å². The quantitative estimate of drug-likeness (QED) is 0.884. The molecule has 0 amide bonds. The minimum Gasteiger partial charge on any atom is -0.495 e. The van der Waals surface area contributed by atoms with Crippen molar-refractivity contribution in [2.45, 2.75) is 39.0 Å². The summed E-state index contributed by atoms with van der Waals surface area (Å²) in [6, 6.07) is 6.47. The molecular formula is C17H28N2O. The van der Waals surface area contributed by atoms with Crippen molar-refractivity contribution in [1.82, 2.24) is 5.32 Å². The summed E-state index contributed by atoms with van der Waals surface area (Å²) in [5.74, 6) is 1.70. The topological polar surface area (TPSA) is 33.3 Å². The maximum atomic E-state index is 5.48. The van der Waals surface area contributed by atoms with E-state index in [4.69, 9.17) is 4.74 Å². The molecular weight excluding hydrogens is 248 g/mol. The SMILES string of the molecule is COc1ccc(C(C)(C)C)cc1NCC1CCNCC1. The highest BCUT2D eigenvalue weighted by molar-refractivity contribution is 5.59. The molecule has 2 rings (SSSR count). The summed E-state index contributed by atoms with van der Waals surface area (Å²) in [5.41, 5.74) is 2.63. The molecule has 112 valence electrons. The summed E-state index contributed by atoms with van der Waals surface area (Å²) in [7, 11) is 1.74. The zero-order valence-corrected chi connectivity index (χ0v) is 13.3. The maximum Gasteiger partial charge on any atom is 0.141 e. The van der Waals surface area contributed by atoms with Crippen molar-refractivity contribution >= 4 is 5.69 Å². The van der Waals surface area contributed by atoms with Gasteiger partial charge < -0.3 is 15.4 Å². The fourth-order valence-corrected chi connectivity index (χ4v) is 2.65. The molecule has 0 aromatic heterocycles. The lowest BCUT2D eigenvalue weighted by molar-refractivity contribution is 0.387. The van der Waals surface area contributed by atoms with Gasteiger partial charge in [0.15, 0.2) is 0 Å². The zero-order chi connectivity index (χ0) is 14.6. The van der Waals surface area contributed by atoms with Crippen LogP contribution in [0.2, 0.25) is 0 Å². The lowest BCUT2D eigenvalue weighted by Gasteiger charge is -2.25. The van der Waals surface area contributed by atoms with E-state index in [-0.39, 0.29) is 5.41 Å². The lowest BCUT2D eigenvalue weighted by Crippen LogP contribution is -2.31. The summed E-state index contributed by atoms with van der Waals surface area (Å²) in [4.78, 5) is 0. The molecule has 0 radical (unpaired) electrons. The van der Waals surface area contributed by atoms with E-state index in [1.165, 1.54) is 18.4 Å². The summed E-state index contributed by atoms with van der Waals surface area (Å²) < 4.78 is 5.48. The molecule has 0 bridgehead atoms. The van der Waals surface area contributed by atoms with Crippen LogP contribution in [0.5, 0.6) is 5.75 Å². The van der Waals surface area contributed by atoms with Gasteiger partial charge in [-0.05, 0) is 55.0 Å². The fourth-order valence-electron chi connectivity index (χ4n) is 2.65. The van der Waals surface area contributed by atoms with Crippen LogP contribution in [0.3, 0.4) is 0 Å². The molecule has 1 aliphatic heterocycles. The first-order valence-electron chi connectivity index (χ1n) is 7.64. The van der Waals surface area contributed by atoms with E-state index >= 15 is 0 Å². The minimum absolute atomic E-state index is 0.164. The Morgan fingerprint density at radius 1 is 1.25 bits per heavy atom. The van der Waals surface area contributed by atoms with Crippen molar-refractivity contribution in [1.29, 1.82) is 0 Å². The van der Waals surface area contributed by atoms with Crippen molar-refractivity contribution in [2.75, 3.05) is 32.1 Å². The fraction of sp³-hybridized carbons (Fsp3) is 0.647. The Labute approximate surface area is 123 Å². The first kappa shape index (κ1) is 15.2. The van der Waals surface area contributed by atoms with Crippen molar-refractivity contribution < 1.29 is 4.74 Å². The van der Waals surface area contributed by atoms with E-state index in [9.17, 15) is 0 Å². The number of hydrogen-bond donors (Lipinski definition) is 2. The van der Waals surface area contributed by atoms with Crippen LogP contribution >= 0.6 is 0 Å². The summed E-state index contributed by atoms with van der Waals surface area (Å²) in [6.45, 7) is 10.0. The van der Waals surface area contributed by atoms with Gasteiger partial charge in [-0.15, -0.1) is 0 Å². The van der Waals surface area contributed by atoms with E-state index in [1.54, 1.807) is 7.11 Å². The highest BCUT2D eigenvalue weighted by Crippen LogP contribution is 2.31. The van der Waals surface area contributed by atoms with Crippen LogP contribution in [-0.4, -0.2) is 26.7 Å². The number of benzene rings is 1. The van der Waals surface area contributed by atoms with Crippen LogP contribution in [0, 0.1) is 5.92 Å². The molecule has 1 heterocycles. The van der Waals surface area contributed by atoms with Crippen LogP contribution in [0.15, 0.2) is 18.2 Å². The largest absolute Gasteiger partial charge is 0.495 e. The first-order chi connectivity index (χ1) is 9.50. The Kier molecular flexibility index (Phi) is 4.92.